The molecule has 1 atom stereocenters. The van der Waals surface area contributed by atoms with Crippen molar-refractivity contribution in [2.45, 2.75) is 25.3 Å². The summed E-state index contributed by atoms with van der Waals surface area (Å²) in [6.07, 6.45) is 1.55. The third-order valence-corrected chi connectivity index (χ3v) is 2.37. The molecule has 0 saturated carbocycles. The molecule has 0 radical (unpaired) electrons. The molecule has 5 heteroatoms. The molecule has 0 unspecified atom stereocenters. The molecule has 14 heavy (non-hydrogen) atoms. The fourth-order valence-corrected chi connectivity index (χ4v) is 1.69. The van der Waals surface area contributed by atoms with Gasteiger partial charge in [-0.1, -0.05) is 0 Å². The van der Waals surface area contributed by atoms with Crippen LogP contribution in [0.15, 0.2) is 0 Å². The Bertz CT molecular complexity index is 229. The van der Waals surface area contributed by atoms with Crippen LogP contribution in [-0.4, -0.2) is 48.2 Å². The van der Waals surface area contributed by atoms with E-state index in [0.29, 0.717) is 13.0 Å². The molecule has 1 amide bonds. The Morgan fingerprint density at radius 2 is 2.29 bits per heavy atom. The maximum Gasteiger partial charge on any atom is 0.328 e. The Hall–Kier alpha value is -1.10. The van der Waals surface area contributed by atoms with Gasteiger partial charge in [0.15, 0.2) is 0 Å². The van der Waals surface area contributed by atoms with Crippen molar-refractivity contribution < 1.29 is 19.4 Å². The summed E-state index contributed by atoms with van der Waals surface area (Å²) in [5.74, 6) is -0.547. The number of hydrogen-bond acceptors (Lipinski definition) is 4. The number of methoxy groups -OCH3 is 1. The molecule has 0 aromatic heterocycles. The number of hydrogen-bond donors (Lipinski definition) is 1. The van der Waals surface area contributed by atoms with Crippen molar-refractivity contribution in [2.24, 2.45) is 0 Å². The molecular weight excluding hydrogens is 186 g/mol. The second-order valence-electron chi connectivity index (χ2n) is 3.24. The molecule has 0 bridgehead atoms. The standard InChI is InChI=1S/C9H15NO4/c1-14-9(13)7-3-2-5-10(7)8(12)4-6-11/h7,11H,2-6H2,1H3/t7-/m0/s1. The Labute approximate surface area is 82.6 Å². The van der Waals surface area contributed by atoms with Gasteiger partial charge in [0, 0.05) is 13.0 Å². The van der Waals surface area contributed by atoms with Gasteiger partial charge in [-0.3, -0.25) is 4.79 Å². The zero-order valence-corrected chi connectivity index (χ0v) is 8.23. The molecule has 0 aromatic rings. The van der Waals surface area contributed by atoms with E-state index in [0.717, 1.165) is 6.42 Å². The summed E-state index contributed by atoms with van der Waals surface area (Å²) in [4.78, 5) is 24.2. The second kappa shape index (κ2) is 4.95. The maximum atomic E-state index is 11.4. The van der Waals surface area contributed by atoms with Gasteiger partial charge in [0.1, 0.15) is 6.04 Å². The van der Waals surface area contributed by atoms with Crippen molar-refractivity contribution in [1.82, 2.24) is 4.90 Å². The van der Waals surface area contributed by atoms with Gasteiger partial charge in [0.25, 0.3) is 0 Å². The fraction of sp³-hybridized carbons (Fsp3) is 0.778. The molecule has 1 aliphatic rings. The number of carbonyl (C=O) groups excluding carboxylic acids is 2. The van der Waals surface area contributed by atoms with E-state index in [4.69, 9.17) is 5.11 Å². The minimum absolute atomic E-state index is 0.0769. The lowest BCUT2D eigenvalue weighted by Crippen LogP contribution is -2.41. The molecule has 0 spiro atoms. The molecular formula is C9H15NO4. The average molecular weight is 201 g/mol. The van der Waals surface area contributed by atoms with E-state index >= 15 is 0 Å². The molecule has 1 fully saturated rings. The van der Waals surface area contributed by atoms with Crippen molar-refractivity contribution >= 4 is 11.9 Å². The number of ether oxygens (including phenoxy) is 1. The monoisotopic (exact) mass is 201 g/mol. The number of carbonyl (C=O) groups is 2. The Morgan fingerprint density at radius 3 is 2.86 bits per heavy atom. The first-order chi connectivity index (χ1) is 6.70. The fourth-order valence-electron chi connectivity index (χ4n) is 1.69. The summed E-state index contributed by atoms with van der Waals surface area (Å²) < 4.78 is 4.60. The lowest BCUT2D eigenvalue weighted by molar-refractivity contribution is -0.151. The number of aliphatic hydroxyl groups is 1. The Kier molecular flexibility index (Phi) is 3.88. The van der Waals surface area contributed by atoms with Crippen LogP contribution in [0.1, 0.15) is 19.3 Å². The summed E-state index contributed by atoms with van der Waals surface area (Å²) in [6.45, 7) is 0.405. The van der Waals surface area contributed by atoms with Crippen molar-refractivity contribution in [1.29, 1.82) is 0 Å². The van der Waals surface area contributed by atoms with Crippen molar-refractivity contribution in [3.8, 4) is 0 Å². The highest BCUT2D eigenvalue weighted by Gasteiger charge is 2.34. The van der Waals surface area contributed by atoms with Crippen LogP contribution in [0.3, 0.4) is 0 Å². The Morgan fingerprint density at radius 1 is 1.57 bits per heavy atom. The highest BCUT2D eigenvalue weighted by molar-refractivity contribution is 5.85. The van der Waals surface area contributed by atoms with Gasteiger partial charge in [-0.05, 0) is 12.8 Å². The van der Waals surface area contributed by atoms with E-state index in [-0.39, 0.29) is 24.9 Å². The minimum Gasteiger partial charge on any atom is -0.467 e. The van der Waals surface area contributed by atoms with Crippen LogP contribution in [0.25, 0.3) is 0 Å². The molecule has 1 rings (SSSR count). The highest BCUT2D eigenvalue weighted by Crippen LogP contribution is 2.18. The minimum atomic E-state index is -0.445. The van der Waals surface area contributed by atoms with Gasteiger partial charge >= 0.3 is 5.97 Å². The predicted molar refractivity (Wildman–Crippen MR) is 48.5 cm³/mol. The largest absolute Gasteiger partial charge is 0.467 e. The zero-order chi connectivity index (χ0) is 10.6. The van der Waals surface area contributed by atoms with E-state index in [2.05, 4.69) is 4.74 Å². The topological polar surface area (TPSA) is 66.8 Å². The third-order valence-electron chi connectivity index (χ3n) is 2.37. The first-order valence-electron chi connectivity index (χ1n) is 4.69. The van der Waals surface area contributed by atoms with Crippen molar-refractivity contribution in [3.63, 3.8) is 0 Å². The smallest absolute Gasteiger partial charge is 0.328 e. The second-order valence-corrected chi connectivity index (χ2v) is 3.24. The predicted octanol–water partition coefficient (Wildman–Crippen LogP) is -0.467. The van der Waals surface area contributed by atoms with Crippen LogP contribution in [0.2, 0.25) is 0 Å². The third kappa shape index (κ3) is 2.23. The number of nitrogens with zero attached hydrogens (tertiary/aromatic N) is 1. The van der Waals surface area contributed by atoms with Gasteiger partial charge in [-0.15, -0.1) is 0 Å². The van der Waals surface area contributed by atoms with Gasteiger partial charge in [-0.2, -0.15) is 0 Å². The van der Waals surface area contributed by atoms with Crippen LogP contribution >= 0.6 is 0 Å². The molecule has 0 aliphatic carbocycles. The molecule has 80 valence electrons. The molecule has 5 nitrogen and oxygen atoms in total. The Balaban J connectivity index is 2.59. The number of aliphatic hydroxyl groups excluding tert-OH is 1. The van der Waals surface area contributed by atoms with Gasteiger partial charge < -0.3 is 14.7 Å². The highest BCUT2D eigenvalue weighted by atomic mass is 16.5. The SMILES string of the molecule is COC(=O)[C@@H]1CCCN1C(=O)CCO. The van der Waals surface area contributed by atoms with E-state index in [1.165, 1.54) is 12.0 Å². The van der Waals surface area contributed by atoms with Gasteiger partial charge in [0.05, 0.1) is 13.7 Å². The summed E-state index contributed by atoms with van der Waals surface area (Å²) in [5.41, 5.74) is 0. The molecule has 1 heterocycles. The lowest BCUT2D eigenvalue weighted by Gasteiger charge is -2.22. The first kappa shape index (κ1) is 11.0. The summed E-state index contributed by atoms with van der Waals surface area (Å²) in [6, 6.07) is -0.445. The number of amides is 1. The van der Waals surface area contributed by atoms with Crippen LogP contribution in [0, 0.1) is 0 Å². The molecule has 1 aliphatic heterocycles. The average Bonchev–Trinajstić information content (AvgIpc) is 2.65. The summed E-state index contributed by atoms with van der Waals surface area (Å²) >= 11 is 0. The first-order valence-corrected chi connectivity index (χ1v) is 4.69. The van der Waals surface area contributed by atoms with Gasteiger partial charge in [-0.25, -0.2) is 4.79 Å². The summed E-state index contributed by atoms with van der Waals surface area (Å²) in [7, 11) is 1.31. The van der Waals surface area contributed by atoms with E-state index in [9.17, 15) is 9.59 Å². The van der Waals surface area contributed by atoms with Crippen molar-refractivity contribution in [2.75, 3.05) is 20.3 Å². The number of likely N-dealkylation sites (tertiary alicyclic amines) is 1. The van der Waals surface area contributed by atoms with E-state index < -0.39 is 6.04 Å². The number of rotatable bonds is 3. The zero-order valence-electron chi connectivity index (χ0n) is 8.23. The quantitative estimate of drug-likeness (QED) is 0.627. The number of esters is 1. The molecule has 0 aromatic carbocycles. The maximum absolute atomic E-state index is 11.4. The van der Waals surface area contributed by atoms with Crippen molar-refractivity contribution in [3.05, 3.63) is 0 Å². The van der Waals surface area contributed by atoms with Gasteiger partial charge in [0.2, 0.25) is 5.91 Å². The lowest BCUT2D eigenvalue weighted by atomic mass is 10.2. The van der Waals surface area contributed by atoms with Crippen LogP contribution in [0.5, 0.6) is 0 Å². The molecule has 1 N–H and O–H groups in total. The van der Waals surface area contributed by atoms with Crippen LogP contribution in [0.4, 0.5) is 0 Å². The van der Waals surface area contributed by atoms with E-state index in [1.807, 2.05) is 0 Å². The van der Waals surface area contributed by atoms with Crippen LogP contribution in [-0.2, 0) is 14.3 Å². The van der Waals surface area contributed by atoms with E-state index in [1.54, 1.807) is 0 Å². The van der Waals surface area contributed by atoms with Crippen LogP contribution < -0.4 is 0 Å². The normalized spacial score (nSPS) is 21.0. The molecule has 1 saturated heterocycles. The summed E-state index contributed by atoms with van der Waals surface area (Å²) in [5, 5.41) is 8.62.